The van der Waals surface area contributed by atoms with Crippen molar-refractivity contribution in [1.29, 1.82) is 0 Å². The fraction of sp³-hybridized carbons (Fsp3) is 0.778. The molecule has 0 bridgehead atoms. The zero-order chi connectivity index (χ0) is 11.0. The van der Waals surface area contributed by atoms with Crippen molar-refractivity contribution in [2.45, 2.75) is 33.1 Å². The third-order valence-corrected chi connectivity index (χ3v) is 1.75. The lowest BCUT2D eigenvalue weighted by atomic mass is 10.1. The number of nitrogens with two attached hydrogens (primary N) is 1. The molecule has 4 N–H and O–H groups in total. The number of nitrogens with one attached hydrogen (secondary N) is 1. The van der Waals surface area contributed by atoms with Crippen molar-refractivity contribution >= 4 is 11.7 Å². The first kappa shape index (κ1) is 12.7. The first-order chi connectivity index (χ1) is 6.56. The van der Waals surface area contributed by atoms with Crippen LogP contribution in [0.4, 0.5) is 0 Å². The van der Waals surface area contributed by atoms with E-state index in [1.807, 2.05) is 0 Å². The molecule has 0 aliphatic carbocycles. The minimum atomic E-state index is -0.205. The summed E-state index contributed by atoms with van der Waals surface area (Å²) in [6.45, 7) is 4.92. The van der Waals surface area contributed by atoms with E-state index in [-0.39, 0.29) is 18.2 Å². The molecule has 0 saturated carbocycles. The van der Waals surface area contributed by atoms with E-state index < -0.39 is 0 Å². The zero-order valence-electron chi connectivity index (χ0n) is 8.79. The number of amidine groups is 1. The first-order valence-corrected chi connectivity index (χ1v) is 4.79. The minimum Gasteiger partial charge on any atom is -0.409 e. The molecular weight excluding hydrogens is 182 g/mol. The fourth-order valence-electron chi connectivity index (χ4n) is 1.00. The number of amides is 1. The lowest BCUT2D eigenvalue weighted by molar-refractivity contribution is -0.119. The van der Waals surface area contributed by atoms with Crippen LogP contribution in [0.2, 0.25) is 0 Å². The van der Waals surface area contributed by atoms with Crippen molar-refractivity contribution in [3.63, 3.8) is 0 Å². The Kier molecular flexibility index (Phi) is 6.53. The molecule has 0 radical (unpaired) electrons. The number of oxime groups is 1. The molecule has 0 saturated heterocycles. The largest absolute Gasteiger partial charge is 0.409 e. The summed E-state index contributed by atoms with van der Waals surface area (Å²) in [5, 5.41) is 13.6. The molecule has 5 heteroatoms. The van der Waals surface area contributed by atoms with E-state index in [0.717, 1.165) is 12.8 Å². The number of carbonyl (C=O) groups excluding carboxylic acids is 1. The van der Waals surface area contributed by atoms with Gasteiger partial charge in [-0.15, -0.1) is 0 Å². The van der Waals surface area contributed by atoms with Gasteiger partial charge in [0.2, 0.25) is 5.91 Å². The van der Waals surface area contributed by atoms with Crippen LogP contribution in [0.1, 0.15) is 33.1 Å². The van der Waals surface area contributed by atoms with Gasteiger partial charge in [0.05, 0.1) is 6.42 Å². The summed E-state index contributed by atoms with van der Waals surface area (Å²) >= 11 is 0. The topological polar surface area (TPSA) is 87.7 Å². The van der Waals surface area contributed by atoms with Gasteiger partial charge in [-0.25, -0.2) is 0 Å². The Balaban J connectivity index is 3.45. The van der Waals surface area contributed by atoms with Crippen molar-refractivity contribution in [2.24, 2.45) is 16.8 Å². The van der Waals surface area contributed by atoms with E-state index in [1.165, 1.54) is 0 Å². The summed E-state index contributed by atoms with van der Waals surface area (Å²) in [6.07, 6.45) is 2.00. The van der Waals surface area contributed by atoms with Crippen LogP contribution in [-0.4, -0.2) is 23.5 Å². The Bertz CT molecular complexity index is 202. The van der Waals surface area contributed by atoms with Crippen molar-refractivity contribution < 1.29 is 10.0 Å². The maximum Gasteiger partial charge on any atom is 0.227 e. The van der Waals surface area contributed by atoms with Crippen LogP contribution in [0.5, 0.6) is 0 Å². The van der Waals surface area contributed by atoms with Crippen molar-refractivity contribution in [1.82, 2.24) is 5.32 Å². The van der Waals surface area contributed by atoms with E-state index in [9.17, 15) is 4.79 Å². The molecule has 5 nitrogen and oxygen atoms in total. The van der Waals surface area contributed by atoms with E-state index in [4.69, 9.17) is 10.9 Å². The van der Waals surface area contributed by atoms with Crippen LogP contribution in [0.3, 0.4) is 0 Å². The number of carbonyl (C=O) groups is 1. The smallest absolute Gasteiger partial charge is 0.227 e. The summed E-state index contributed by atoms with van der Waals surface area (Å²) in [6, 6.07) is 0. The molecular formula is C9H19N3O2. The molecule has 0 heterocycles. The van der Waals surface area contributed by atoms with Crippen LogP contribution >= 0.6 is 0 Å². The molecule has 0 aliphatic heterocycles. The van der Waals surface area contributed by atoms with Gasteiger partial charge in [-0.1, -0.05) is 19.0 Å². The van der Waals surface area contributed by atoms with Gasteiger partial charge in [0.25, 0.3) is 0 Å². The van der Waals surface area contributed by atoms with Crippen LogP contribution in [-0.2, 0) is 4.79 Å². The highest BCUT2D eigenvalue weighted by atomic mass is 16.4. The van der Waals surface area contributed by atoms with E-state index in [0.29, 0.717) is 12.5 Å². The predicted octanol–water partition coefficient (Wildman–Crippen LogP) is 0.675. The SMILES string of the molecule is CC(C)CCCNC(=O)CC(N)=NO. The molecule has 0 aromatic heterocycles. The van der Waals surface area contributed by atoms with Gasteiger partial charge in [-0.05, 0) is 18.8 Å². The third kappa shape index (κ3) is 7.39. The van der Waals surface area contributed by atoms with Crippen LogP contribution in [0.25, 0.3) is 0 Å². The minimum absolute atomic E-state index is 0.0435. The monoisotopic (exact) mass is 201 g/mol. The first-order valence-electron chi connectivity index (χ1n) is 4.79. The average molecular weight is 201 g/mol. The highest BCUT2D eigenvalue weighted by Crippen LogP contribution is 2.01. The number of hydrogen-bond acceptors (Lipinski definition) is 3. The van der Waals surface area contributed by atoms with Crippen molar-refractivity contribution in [3.05, 3.63) is 0 Å². The Morgan fingerprint density at radius 2 is 2.21 bits per heavy atom. The lowest BCUT2D eigenvalue weighted by Gasteiger charge is -2.06. The van der Waals surface area contributed by atoms with Gasteiger partial charge >= 0.3 is 0 Å². The van der Waals surface area contributed by atoms with Gasteiger partial charge in [0.1, 0.15) is 5.84 Å². The molecule has 0 aliphatic rings. The molecule has 82 valence electrons. The van der Waals surface area contributed by atoms with Crippen LogP contribution < -0.4 is 11.1 Å². The van der Waals surface area contributed by atoms with Crippen molar-refractivity contribution in [3.8, 4) is 0 Å². The second-order valence-electron chi connectivity index (χ2n) is 3.65. The maximum absolute atomic E-state index is 11.1. The summed E-state index contributed by atoms with van der Waals surface area (Å²) in [5.74, 6) is 0.381. The molecule has 0 fully saturated rings. The molecule has 0 unspecified atom stereocenters. The standard InChI is InChI=1S/C9H19N3O2/c1-7(2)4-3-5-11-9(13)6-8(10)12-14/h7,14H,3-6H2,1-2H3,(H2,10,12)(H,11,13). The average Bonchev–Trinajstić information content (AvgIpc) is 2.12. The number of rotatable bonds is 6. The van der Waals surface area contributed by atoms with Crippen LogP contribution in [0.15, 0.2) is 5.16 Å². The number of nitrogens with zero attached hydrogens (tertiary/aromatic N) is 1. The normalized spacial score (nSPS) is 11.8. The molecule has 1 amide bonds. The molecule has 0 spiro atoms. The quantitative estimate of drug-likeness (QED) is 0.194. The van der Waals surface area contributed by atoms with E-state index >= 15 is 0 Å². The Labute approximate surface area is 84.4 Å². The molecule has 0 rings (SSSR count). The molecule has 0 aromatic rings. The van der Waals surface area contributed by atoms with Crippen LogP contribution in [0, 0.1) is 5.92 Å². The highest BCUT2D eigenvalue weighted by Gasteiger charge is 2.03. The third-order valence-electron chi connectivity index (χ3n) is 1.75. The maximum atomic E-state index is 11.1. The zero-order valence-corrected chi connectivity index (χ0v) is 8.79. The second kappa shape index (κ2) is 7.17. The van der Waals surface area contributed by atoms with E-state index in [2.05, 4.69) is 24.3 Å². The summed E-state index contributed by atoms with van der Waals surface area (Å²) < 4.78 is 0. The van der Waals surface area contributed by atoms with Crippen molar-refractivity contribution in [2.75, 3.05) is 6.54 Å². The van der Waals surface area contributed by atoms with Gasteiger partial charge < -0.3 is 16.3 Å². The summed E-state index contributed by atoms with van der Waals surface area (Å²) in [5.41, 5.74) is 5.17. The number of hydrogen-bond donors (Lipinski definition) is 3. The van der Waals surface area contributed by atoms with Gasteiger partial charge in [-0.3, -0.25) is 4.79 Å². The molecule has 0 atom stereocenters. The lowest BCUT2D eigenvalue weighted by Crippen LogP contribution is -2.29. The Morgan fingerprint density at radius 3 is 2.71 bits per heavy atom. The Hall–Kier alpha value is -1.26. The predicted molar refractivity (Wildman–Crippen MR) is 55.1 cm³/mol. The fourth-order valence-corrected chi connectivity index (χ4v) is 1.00. The molecule has 14 heavy (non-hydrogen) atoms. The van der Waals surface area contributed by atoms with Gasteiger partial charge in [-0.2, -0.15) is 0 Å². The second-order valence-corrected chi connectivity index (χ2v) is 3.65. The highest BCUT2D eigenvalue weighted by molar-refractivity contribution is 5.98. The van der Waals surface area contributed by atoms with Gasteiger partial charge in [0, 0.05) is 6.54 Å². The van der Waals surface area contributed by atoms with E-state index in [1.54, 1.807) is 0 Å². The summed E-state index contributed by atoms with van der Waals surface area (Å²) in [4.78, 5) is 11.1. The Morgan fingerprint density at radius 1 is 1.57 bits per heavy atom. The summed E-state index contributed by atoms with van der Waals surface area (Å²) in [7, 11) is 0. The van der Waals surface area contributed by atoms with Gasteiger partial charge in [0.15, 0.2) is 0 Å². The molecule has 0 aromatic carbocycles.